The lowest BCUT2D eigenvalue weighted by Gasteiger charge is -2.16. The Balaban J connectivity index is 2.72. The van der Waals surface area contributed by atoms with Crippen molar-refractivity contribution < 1.29 is 43.4 Å². The molecular formula is C11H18N2O10S3. The minimum absolute atomic E-state index is 0.0529. The molecule has 0 unspecified atom stereocenters. The summed E-state index contributed by atoms with van der Waals surface area (Å²) in [6.45, 7) is 0.116. The van der Waals surface area contributed by atoms with Gasteiger partial charge < -0.3 is 0 Å². The fraction of sp³-hybridized carbons (Fsp3) is 0.455. The predicted octanol–water partition coefficient (Wildman–Crippen LogP) is -0.295. The largest absolute Gasteiger partial charge is 0.397 e. The van der Waals surface area contributed by atoms with Crippen molar-refractivity contribution in [1.82, 2.24) is 4.31 Å². The first-order valence-corrected chi connectivity index (χ1v) is 11.3. The first-order valence-electron chi connectivity index (χ1n) is 6.90. The maximum atomic E-state index is 12.1. The first kappa shape index (κ1) is 22.7. The molecule has 1 aromatic rings. The molecule has 0 radical (unpaired) electrons. The van der Waals surface area contributed by atoms with Crippen molar-refractivity contribution in [3.05, 3.63) is 24.3 Å². The Hall–Kier alpha value is -1.33. The summed E-state index contributed by atoms with van der Waals surface area (Å²) in [5, 5.41) is 0. The van der Waals surface area contributed by atoms with Gasteiger partial charge in [0.2, 0.25) is 0 Å². The van der Waals surface area contributed by atoms with Crippen LogP contribution in [0.1, 0.15) is 6.92 Å². The van der Waals surface area contributed by atoms with Crippen LogP contribution in [-0.4, -0.2) is 64.3 Å². The second-order valence-electron chi connectivity index (χ2n) is 4.72. The molecule has 15 heteroatoms. The van der Waals surface area contributed by atoms with E-state index in [9.17, 15) is 25.3 Å². The van der Waals surface area contributed by atoms with E-state index < -0.39 is 49.6 Å². The maximum Gasteiger partial charge on any atom is 0.397 e. The topological polar surface area (TPSA) is 177 Å². The third kappa shape index (κ3) is 7.92. The zero-order valence-corrected chi connectivity index (χ0v) is 15.9. The van der Waals surface area contributed by atoms with Gasteiger partial charge in [0.25, 0.3) is 0 Å². The van der Waals surface area contributed by atoms with E-state index in [0.717, 1.165) is 6.07 Å². The quantitative estimate of drug-likeness (QED) is 0.237. The van der Waals surface area contributed by atoms with Crippen LogP contribution >= 0.6 is 0 Å². The fourth-order valence-corrected chi connectivity index (χ4v) is 3.67. The highest BCUT2D eigenvalue weighted by molar-refractivity contribution is 7.91. The lowest BCUT2D eigenvalue weighted by Crippen LogP contribution is -2.33. The molecule has 0 spiro atoms. The molecule has 1 aromatic carbocycles. The Morgan fingerprint density at radius 2 is 1.77 bits per heavy atom. The molecule has 0 aliphatic heterocycles. The van der Waals surface area contributed by atoms with Crippen molar-refractivity contribution in [2.75, 3.05) is 31.1 Å². The van der Waals surface area contributed by atoms with E-state index in [4.69, 9.17) is 13.9 Å². The molecule has 0 amide bonds. The minimum atomic E-state index is -4.74. The molecule has 0 aliphatic carbocycles. The van der Waals surface area contributed by atoms with Crippen LogP contribution in [-0.2, 0) is 39.6 Å². The number of rotatable bonds is 11. The van der Waals surface area contributed by atoms with Gasteiger partial charge in [0, 0.05) is 6.54 Å². The zero-order chi connectivity index (χ0) is 20.0. The van der Waals surface area contributed by atoms with Gasteiger partial charge in [0.1, 0.15) is 6.73 Å². The van der Waals surface area contributed by atoms with Crippen LogP contribution in [0.15, 0.2) is 29.2 Å². The molecule has 0 saturated carbocycles. The van der Waals surface area contributed by atoms with E-state index in [1.807, 2.05) is 0 Å². The molecule has 1 rings (SSSR count). The van der Waals surface area contributed by atoms with Crippen molar-refractivity contribution in [2.24, 2.45) is 0 Å². The van der Waals surface area contributed by atoms with Gasteiger partial charge in [-0.3, -0.25) is 19.4 Å². The number of hydrogen-bond donors (Lipinski definition) is 3. The third-order valence-corrected chi connectivity index (χ3v) is 6.01. The molecule has 0 atom stereocenters. The van der Waals surface area contributed by atoms with Gasteiger partial charge in [-0.2, -0.15) is 21.1 Å². The SMILES string of the molecule is CCN(CONc1cccc(S(=O)(=O)CCOS(=O)(=O)O)c1)S(=O)(=O)O. The molecule has 0 heterocycles. The van der Waals surface area contributed by atoms with Gasteiger partial charge in [-0.1, -0.05) is 13.0 Å². The van der Waals surface area contributed by atoms with Gasteiger partial charge >= 0.3 is 20.7 Å². The number of nitrogens with one attached hydrogen (secondary N) is 1. The monoisotopic (exact) mass is 434 g/mol. The van der Waals surface area contributed by atoms with E-state index in [-0.39, 0.29) is 17.1 Å². The summed E-state index contributed by atoms with van der Waals surface area (Å²) in [6, 6.07) is 5.19. The third-order valence-electron chi connectivity index (χ3n) is 2.86. The van der Waals surface area contributed by atoms with Gasteiger partial charge in [-0.05, 0) is 18.2 Å². The second-order valence-corrected chi connectivity index (χ2v) is 9.33. The predicted molar refractivity (Wildman–Crippen MR) is 89.5 cm³/mol. The van der Waals surface area contributed by atoms with Crippen molar-refractivity contribution in [3.8, 4) is 0 Å². The van der Waals surface area contributed by atoms with Crippen LogP contribution in [0.4, 0.5) is 5.69 Å². The Labute approximate surface area is 151 Å². The lowest BCUT2D eigenvalue weighted by atomic mass is 10.3. The van der Waals surface area contributed by atoms with E-state index >= 15 is 0 Å². The summed E-state index contributed by atoms with van der Waals surface area (Å²) in [4.78, 5) is 4.71. The summed E-state index contributed by atoms with van der Waals surface area (Å²) in [5.41, 5.74) is 2.49. The Morgan fingerprint density at radius 3 is 2.31 bits per heavy atom. The molecule has 0 saturated heterocycles. The smallest absolute Gasteiger partial charge is 0.273 e. The van der Waals surface area contributed by atoms with Crippen molar-refractivity contribution in [3.63, 3.8) is 0 Å². The van der Waals surface area contributed by atoms with E-state index in [1.165, 1.54) is 25.1 Å². The van der Waals surface area contributed by atoms with Crippen LogP contribution in [0.25, 0.3) is 0 Å². The summed E-state index contributed by atoms with van der Waals surface area (Å²) in [7, 11) is -13.1. The second kappa shape index (κ2) is 9.05. The van der Waals surface area contributed by atoms with Crippen molar-refractivity contribution >= 4 is 36.2 Å². The van der Waals surface area contributed by atoms with Crippen LogP contribution < -0.4 is 5.48 Å². The van der Waals surface area contributed by atoms with E-state index in [0.29, 0.717) is 4.31 Å². The van der Waals surface area contributed by atoms with Crippen LogP contribution in [0, 0.1) is 0 Å². The molecule has 0 aliphatic rings. The van der Waals surface area contributed by atoms with Crippen molar-refractivity contribution in [2.45, 2.75) is 11.8 Å². The first-order chi connectivity index (χ1) is 11.8. The van der Waals surface area contributed by atoms with Gasteiger partial charge in [-0.15, -0.1) is 0 Å². The molecule has 26 heavy (non-hydrogen) atoms. The highest BCUT2D eigenvalue weighted by Crippen LogP contribution is 2.17. The summed E-state index contributed by atoms with van der Waals surface area (Å²) in [6.07, 6.45) is 0. The summed E-state index contributed by atoms with van der Waals surface area (Å²) < 4.78 is 88.9. The van der Waals surface area contributed by atoms with Gasteiger partial charge in [0.05, 0.1) is 22.9 Å². The van der Waals surface area contributed by atoms with E-state index in [2.05, 4.69) is 9.66 Å². The molecule has 0 fully saturated rings. The van der Waals surface area contributed by atoms with Crippen LogP contribution in [0.5, 0.6) is 0 Å². The highest BCUT2D eigenvalue weighted by atomic mass is 32.3. The molecule has 0 bridgehead atoms. The average molecular weight is 434 g/mol. The Morgan fingerprint density at radius 1 is 1.12 bits per heavy atom. The number of nitrogens with zero attached hydrogens (tertiary/aromatic N) is 1. The summed E-state index contributed by atoms with van der Waals surface area (Å²) in [5.74, 6) is -0.705. The van der Waals surface area contributed by atoms with Crippen molar-refractivity contribution in [1.29, 1.82) is 0 Å². The van der Waals surface area contributed by atoms with Gasteiger partial charge in [0.15, 0.2) is 9.84 Å². The number of sulfone groups is 1. The number of benzene rings is 1. The normalized spacial score (nSPS) is 13.1. The lowest BCUT2D eigenvalue weighted by molar-refractivity contribution is 0.111. The van der Waals surface area contributed by atoms with Crippen LogP contribution in [0.2, 0.25) is 0 Å². The Kier molecular flexibility index (Phi) is 7.90. The molecule has 12 nitrogen and oxygen atoms in total. The van der Waals surface area contributed by atoms with Crippen LogP contribution in [0.3, 0.4) is 0 Å². The minimum Gasteiger partial charge on any atom is -0.273 e. The van der Waals surface area contributed by atoms with Gasteiger partial charge in [-0.25, -0.2) is 12.6 Å². The molecule has 0 aromatic heterocycles. The molecule has 3 N–H and O–H groups in total. The molecule has 150 valence electrons. The standard InChI is InChI=1S/C11H18N2O10S3/c1-2-13(25(16,17)18)9-22-12-10-4-3-5-11(8-10)24(14,15)7-6-23-26(19,20)21/h3-5,8,12H,2,6-7,9H2,1H3,(H,16,17,18)(H,19,20,21). The van der Waals surface area contributed by atoms with E-state index in [1.54, 1.807) is 0 Å². The number of hydrogen-bond acceptors (Lipinski definition) is 9. The Bertz CT molecular complexity index is 911. The molecular weight excluding hydrogens is 416 g/mol. The zero-order valence-electron chi connectivity index (χ0n) is 13.5. The fourth-order valence-electron chi connectivity index (χ4n) is 1.63. The summed E-state index contributed by atoms with van der Waals surface area (Å²) >= 11 is 0. The highest BCUT2D eigenvalue weighted by Gasteiger charge is 2.18. The number of anilines is 1. The average Bonchev–Trinajstić information content (AvgIpc) is 2.49. The maximum absolute atomic E-state index is 12.1.